The summed E-state index contributed by atoms with van der Waals surface area (Å²) in [4.78, 5) is 5.80. The Morgan fingerprint density at radius 2 is 1.80 bits per heavy atom. The van der Waals surface area contributed by atoms with Crippen molar-refractivity contribution < 1.29 is 8.42 Å². The molecule has 0 aliphatic rings. The monoisotopic (exact) mass is 372 g/mol. The first-order chi connectivity index (χ1) is 11.9. The number of hydrogen-bond donors (Lipinski definition) is 1. The van der Waals surface area contributed by atoms with E-state index in [1.807, 2.05) is 62.5 Å². The molecule has 0 spiro atoms. The van der Waals surface area contributed by atoms with Gasteiger partial charge < -0.3 is 0 Å². The van der Waals surface area contributed by atoms with Crippen LogP contribution in [-0.2, 0) is 16.6 Å². The first-order valence-corrected chi connectivity index (χ1v) is 10.3. The largest absolute Gasteiger partial charge is 0.255 e. The normalized spacial score (nSPS) is 11.6. The molecule has 0 unspecified atom stereocenters. The number of rotatable bonds is 5. The van der Waals surface area contributed by atoms with E-state index in [1.54, 1.807) is 17.5 Å². The van der Waals surface area contributed by atoms with Gasteiger partial charge in [-0.1, -0.05) is 29.8 Å². The third kappa shape index (κ3) is 3.81. The highest BCUT2D eigenvalue weighted by molar-refractivity contribution is 7.89. The van der Waals surface area contributed by atoms with Crippen LogP contribution in [0.15, 0.2) is 52.9 Å². The summed E-state index contributed by atoms with van der Waals surface area (Å²) < 4.78 is 28.4. The van der Waals surface area contributed by atoms with Crippen LogP contribution in [0.5, 0.6) is 0 Å². The van der Waals surface area contributed by atoms with Crippen LogP contribution >= 0.6 is 11.3 Å². The van der Waals surface area contributed by atoms with Crippen LogP contribution in [0.3, 0.4) is 0 Å². The lowest BCUT2D eigenvalue weighted by Crippen LogP contribution is -2.25. The van der Waals surface area contributed by atoms with Crippen molar-refractivity contribution in [2.24, 2.45) is 0 Å². The molecule has 130 valence electrons. The van der Waals surface area contributed by atoms with E-state index in [-0.39, 0.29) is 6.54 Å². The number of aryl methyl sites for hydroxylation is 3. The molecule has 2 heterocycles. The van der Waals surface area contributed by atoms with Gasteiger partial charge in [0, 0.05) is 12.7 Å². The van der Waals surface area contributed by atoms with Crippen molar-refractivity contribution >= 4 is 21.4 Å². The van der Waals surface area contributed by atoms with E-state index in [4.69, 9.17) is 0 Å². The minimum Gasteiger partial charge on any atom is -0.255 e. The lowest BCUT2D eigenvalue weighted by Gasteiger charge is -2.14. The summed E-state index contributed by atoms with van der Waals surface area (Å²) in [6.07, 6.45) is 1.72. The van der Waals surface area contributed by atoms with Gasteiger partial charge in [0.05, 0.1) is 15.5 Å². The first-order valence-electron chi connectivity index (χ1n) is 7.94. The summed E-state index contributed by atoms with van der Waals surface area (Å²) in [5.74, 6) is 0. The van der Waals surface area contributed by atoms with Crippen LogP contribution in [0, 0.1) is 20.8 Å². The standard InChI is InChI=1S/C19H20N2O2S2/c1-13-10-14(2)19(15(3)11-13)25(22,23)21-12-16-6-4-8-20-18(16)17-7-5-9-24-17/h4-11,21H,12H2,1-3H3. The summed E-state index contributed by atoms with van der Waals surface area (Å²) in [6, 6.07) is 11.5. The molecule has 0 saturated carbocycles. The summed E-state index contributed by atoms with van der Waals surface area (Å²) >= 11 is 1.59. The van der Waals surface area contributed by atoms with Crippen LogP contribution < -0.4 is 4.72 Å². The molecule has 4 nitrogen and oxygen atoms in total. The molecule has 6 heteroatoms. The summed E-state index contributed by atoms with van der Waals surface area (Å²) in [5.41, 5.74) is 4.25. The summed E-state index contributed by atoms with van der Waals surface area (Å²) in [7, 11) is -3.60. The van der Waals surface area contributed by atoms with Crippen molar-refractivity contribution in [3.63, 3.8) is 0 Å². The Kier molecular flexibility index (Phi) is 5.03. The van der Waals surface area contributed by atoms with Gasteiger partial charge in [-0.05, 0) is 55.0 Å². The van der Waals surface area contributed by atoms with Gasteiger partial charge in [-0.25, -0.2) is 13.1 Å². The van der Waals surface area contributed by atoms with Crippen LogP contribution in [-0.4, -0.2) is 13.4 Å². The Hall–Kier alpha value is -2.02. The Morgan fingerprint density at radius 3 is 2.44 bits per heavy atom. The van der Waals surface area contributed by atoms with E-state index in [1.165, 1.54) is 0 Å². The molecule has 0 aliphatic carbocycles. The van der Waals surface area contributed by atoms with E-state index < -0.39 is 10.0 Å². The number of benzene rings is 1. The SMILES string of the molecule is Cc1cc(C)c(S(=O)(=O)NCc2cccnc2-c2cccs2)c(C)c1. The fourth-order valence-corrected chi connectivity index (χ4v) is 5.26. The van der Waals surface area contributed by atoms with Gasteiger partial charge >= 0.3 is 0 Å². The van der Waals surface area contributed by atoms with E-state index >= 15 is 0 Å². The zero-order valence-electron chi connectivity index (χ0n) is 14.4. The van der Waals surface area contributed by atoms with Gasteiger partial charge in [0.15, 0.2) is 0 Å². The Labute approximate surface area is 152 Å². The molecule has 0 fully saturated rings. The summed E-state index contributed by atoms with van der Waals surface area (Å²) in [6.45, 7) is 5.83. The number of sulfonamides is 1. The van der Waals surface area contributed by atoms with Crippen LogP contribution in [0.4, 0.5) is 0 Å². The first kappa shape index (κ1) is 17.8. The molecule has 3 aromatic rings. The molecule has 1 aromatic carbocycles. The quantitative estimate of drug-likeness (QED) is 0.730. The van der Waals surface area contributed by atoms with Crippen molar-refractivity contribution in [1.82, 2.24) is 9.71 Å². The highest BCUT2D eigenvalue weighted by Gasteiger charge is 2.20. The lowest BCUT2D eigenvalue weighted by atomic mass is 10.1. The predicted octanol–water partition coefficient (Wildman–Crippen LogP) is 4.21. The number of nitrogens with one attached hydrogen (secondary N) is 1. The number of nitrogens with zero attached hydrogens (tertiary/aromatic N) is 1. The third-order valence-electron chi connectivity index (χ3n) is 3.97. The second-order valence-corrected chi connectivity index (χ2v) is 8.69. The van der Waals surface area contributed by atoms with Crippen molar-refractivity contribution in [3.05, 3.63) is 70.2 Å². The van der Waals surface area contributed by atoms with Gasteiger partial charge in [-0.15, -0.1) is 11.3 Å². The van der Waals surface area contributed by atoms with E-state index in [0.717, 1.165) is 32.8 Å². The smallest absolute Gasteiger partial charge is 0.241 e. The maximum absolute atomic E-state index is 12.8. The predicted molar refractivity (Wildman–Crippen MR) is 102 cm³/mol. The van der Waals surface area contributed by atoms with Crippen LogP contribution in [0.25, 0.3) is 10.6 Å². The fourth-order valence-electron chi connectivity index (χ4n) is 3.05. The van der Waals surface area contributed by atoms with Gasteiger partial charge in [0.1, 0.15) is 0 Å². The van der Waals surface area contributed by atoms with E-state index in [2.05, 4.69) is 9.71 Å². The van der Waals surface area contributed by atoms with Crippen molar-refractivity contribution in [1.29, 1.82) is 0 Å². The average Bonchev–Trinajstić information content (AvgIpc) is 3.06. The zero-order chi connectivity index (χ0) is 18.0. The highest BCUT2D eigenvalue weighted by atomic mass is 32.2. The molecule has 0 amide bonds. The van der Waals surface area contributed by atoms with E-state index in [9.17, 15) is 8.42 Å². The van der Waals surface area contributed by atoms with Crippen LogP contribution in [0.2, 0.25) is 0 Å². The Morgan fingerprint density at radius 1 is 1.08 bits per heavy atom. The fraction of sp³-hybridized carbons (Fsp3) is 0.211. The number of thiophene rings is 1. The number of hydrogen-bond acceptors (Lipinski definition) is 4. The molecule has 0 atom stereocenters. The molecule has 0 bridgehead atoms. The highest BCUT2D eigenvalue weighted by Crippen LogP contribution is 2.27. The van der Waals surface area contributed by atoms with Gasteiger partial charge in [0.2, 0.25) is 10.0 Å². The third-order valence-corrected chi connectivity index (χ3v) is 6.55. The van der Waals surface area contributed by atoms with Gasteiger partial charge in [-0.2, -0.15) is 0 Å². The number of aromatic nitrogens is 1. The zero-order valence-corrected chi connectivity index (χ0v) is 16.0. The van der Waals surface area contributed by atoms with E-state index in [0.29, 0.717) is 4.90 Å². The van der Waals surface area contributed by atoms with Gasteiger partial charge in [-0.3, -0.25) is 4.98 Å². The maximum Gasteiger partial charge on any atom is 0.241 e. The molecule has 2 aromatic heterocycles. The lowest BCUT2D eigenvalue weighted by molar-refractivity contribution is 0.580. The summed E-state index contributed by atoms with van der Waals surface area (Å²) in [5, 5.41) is 1.98. The van der Waals surface area contributed by atoms with Crippen molar-refractivity contribution in [2.45, 2.75) is 32.2 Å². The minimum atomic E-state index is -3.60. The Balaban J connectivity index is 1.90. The molecule has 0 saturated heterocycles. The second kappa shape index (κ2) is 7.07. The maximum atomic E-state index is 12.8. The van der Waals surface area contributed by atoms with Crippen molar-refractivity contribution in [3.8, 4) is 10.6 Å². The molecular weight excluding hydrogens is 352 g/mol. The molecule has 1 N–H and O–H groups in total. The van der Waals surface area contributed by atoms with Crippen molar-refractivity contribution in [2.75, 3.05) is 0 Å². The average molecular weight is 373 g/mol. The number of pyridine rings is 1. The molecule has 3 rings (SSSR count). The van der Waals surface area contributed by atoms with Gasteiger partial charge in [0.25, 0.3) is 0 Å². The Bertz CT molecular complexity index is 971. The topological polar surface area (TPSA) is 59.1 Å². The minimum absolute atomic E-state index is 0.205. The molecule has 25 heavy (non-hydrogen) atoms. The second-order valence-electron chi connectivity index (χ2n) is 6.04. The molecule has 0 radical (unpaired) electrons. The molecule has 0 aliphatic heterocycles. The van der Waals surface area contributed by atoms with Crippen LogP contribution in [0.1, 0.15) is 22.3 Å². The molecular formula is C19H20N2O2S2.